The minimum atomic E-state index is -0.232. The van der Waals surface area contributed by atoms with E-state index in [1.807, 2.05) is 19.1 Å². The Morgan fingerprint density at radius 2 is 2.27 bits per heavy atom. The van der Waals surface area contributed by atoms with E-state index in [2.05, 4.69) is 5.32 Å². The van der Waals surface area contributed by atoms with E-state index >= 15 is 0 Å². The van der Waals surface area contributed by atoms with Gasteiger partial charge in [0.15, 0.2) is 0 Å². The molecule has 1 aliphatic rings. The maximum Gasteiger partial charge on any atom is 0.126 e. The minimum Gasteiger partial charge on any atom is -0.324 e. The lowest BCUT2D eigenvalue weighted by atomic mass is 9.84. The van der Waals surface area contributed by atoms with Crippen LogP contribution in [-0.2, 0) is 0 Å². The molecule has 0 bridgehead atoms. The third kappa shape index (κ3) is 1.90. The first-order valence-electron chi connectivity index (χ1n) is 5.26. The van der Waals surface area contributed by atoms with Crippen LogP contribution in [-0.4, -0.2) is 18.6 Å². The van der Waals surface area contributed by atoms with Gasteiger partial charge >= 0.3 is 0 Å². The summed E-state index contributed by atoms with van der Waals surface area (Å²) in [5.74, 6) is 0.125. The molecule has 82 valence electrons. The molecule has 2 nitrogen and oxygen atoms in total. The predicted molar refractivity (Wildman–Crippen MR) is 59.3 cm³/mol. The first-order chi connectivity index (χ1) is 7.00. The molecule has 0 unspecified atom stereocenters. The maximum absolute atomic E-state index is 13.1. The minimum absolute atomic E-state index is 0.150. The Labute approximate surface area is 89.7 Å². The number of rotatable bonds is 1. The second-order valence-electron chi connectivity index (χ2n) is 4.70. The Hall–Kier alpha value is -0.930. The van der Waals surface area contributed by atoms with Crippen LogP contribution in [0.5, 0.6) is 0 Å². The average molecular weight is 208 g/mol. The highest BCUT2D eigenvalue weighted by atomic mass is 19.1. The molecule has 3 heteroatoms. The highest BCUT2D eigenvalue weighted by molar-refractivity contribution is 5.31. The van der Waals surface area contributed by atoms with Gasteiger partial charge in [-0.15, -0.1) is 0 Å². The molecule has 2 rings (SSSR count). The fourth-order valence-corrected chi connectivity index (χ4v) is 2.23. The molecular formula is C12H17FN2. The van der Waals surface area contributed by atoms with Crippen molar-refractivity contribution < 1.29 is 4.39 Å². The largest absolute Gasteiger partial charge is 0.324 e. The fourth-order valence-electron chi connectivity index (χ4n) is 2.23. The topological polar surface area (TPSA) is 38.0 Å². The zero-order chi connectivity index (χ0) is 11.1. The zero-order valence-corrected chi connectivity index (χ0v) is 9.18. The van der Waals surface area contributed by atoms with Gasteiger partial charge in [-0.2, -0.15) is 0 Å². The third-order valence-corrected chi connectivity index (χ3v) is 3.23. The molecule has 1 aliphatic heterocycles. The summed E-state index contributed by atoms with van der Waals surface area (Å²) in [5.41, 5.74) is 7.77. The number of halogens is 1. The van der Waals surface area contributed by atoms with E-state index in [-0.39, 0.29) is 17.3 Å². The van der Waals surface area contributed by atoms with Crippen LogP contribution < -0.4 is 11.1 Å². The summed E-state index contributed by atoms with van der Waals surface area (Å²) >= 11 is 0. The highest BCUT2D eigenvalue weighted by Crippen LogP contribution is 2.30. The van der Waals surface area contributed by atoms with Gasteiger partial charge in [0.25, 0.3) is 0 Å². The normalized spacial score (nSPS) is 30.8. The lowest BCUT2D eigenvalue weighted by Crippen LogP contribution is -2.42. The molecule has 0 aliphatic carbocycles. The predicted octanol–water partition coefficient (Wildman–Crippen LogP) is 1.54. The van der Waals surface area contributed by atoms with Crippen molar-refractivity contribution in [1.29, 1.82) is 0 Å². The van der Waals surface area contributed by atoms with Gasteiger partial charge in [-0.3, -0.25) is 0 Å². The molecule has 1 heterocycles. The van der Waals surface area contributed by atoms with E-state index in [9.17, 15) is 4.39 Å². The van der Waals surface area contributed by atoms with Crippen molar-refractivity contribution in [2.45, 2.75) is 25.3 Å². The molecule has 1 aromatic carbocycles. The maximum atomic E-state index is 13.1. The van der Waals surface area contributed by atoms with Crippen molar-refractivity contribution in [3.05, 3.63) is 35.1 Å². The summed E-state index contributed by atoms with van der Waals surface area (Å²) in [4.78, 5) is 0. The Kier molecular flexibility index (Phi) is 2.52. The van der Waals surface area contributed by atoms with E-state index in [0.717, 1.165) is 18.7 Å². The number of hydrogen-bond donors (Lipinski definition) is 2. The summed E-state index contributed by atoms with van der Waals surface area (Å²) in [6.45, 7) is 5.51. The Morgan fingerprint density at radius 3 is 2.80 bits per heavy atom. The molecule has 0 amide bonds. The van der Waals surface area contributed by atoms with Crippen LogP contribution in [0.2, 0.25) is 0 Å². The van der Waals surface area contributed by atoms with Crippen LogP contribution in [0.15, 0.2) is 18.2 Å². The summed E-state index contributed by atoms with van der Waals surface area (Å²) in [7, 11) is 0. The Bertz CT molecular complexity index is 374. The summed E-state index contributed by atoms with van der Waals surface area (Å²) in [6.07, 6.45) is 0. The fraction of sp³-hybridized carbons (Fsp3) is 0.500. The molecule has 0 aromatic heterocycles. The molecule has 1 fully saturated rings. The zero-order valence-electron chi connectivity index (χ0n) is 9.18. The molecule has 0 saturated carbocycles. The van der Waals surface area contributed by atoms with Crippen LogP contribution >= 0.6 is 0 Å². The first kappa shape index (κ1) is 10.6. The van der Waals surface area contributed by atoms with Gasteiger partial charge in [0.05, 0.1) is 0 Å². The smallest absolute Gasteiger partial charge is 0.126 e. The highest BCUT2D eigenvalue weighted by Gasteiger charge is 2.36. The van der Waals surface area contributed by atoms with Crippen LogP contribution in [0.3, 0.4) is 0 Å². The van der Waals surface area contributed by atoms with Crippen LogP contribution in [0.25, 0.3) is 0 Å². The third-order valence-electron chi connectivity index (χ3n) is 3.23. The van der Waals surface area contributed by atoms with Crippen LogP contribution in [0, 0.1) is 12.7 Å². The molecule has 0 spiro atoms. The van der Waals surface area contributed by atoms with E-state index in [1.165, 1.54) is 6.07 Å². The molecule has 15 heavy (non-hydrogen) atoms. The second kappa shape index (κ2) is 3.58. The van der Waals surface area contributed by atoms with Crippen molar-refractivity contribution >= 4 is 0 Å². The monoisotopic (exact) mass is 208 g/mol. The first-order valence-corrected chi connectivity index (χ1v) is 5.26. The molecule has 1 aromatic rings. The van der Waals surface area contributed by atoms with Crippen LogP contribution in [0.4, 0.5) is 4.39 Å². The Balaban J connectivity index is 2.33. The standard InChI is InChI=1S/C12H17FN2/c1-8-5-9(3-4-11(8)13)10-6-15-7-12(10,2)14/h3-5,10,15H,6-7,14H2,1-2H3/t10-,12+/m1/s1. The van der Waals surface area contributed by atoms with E-state index in [1.54, 1.807) is 6.92 Å². The van der Waals surface area contributed by atoms with Gasteiger partial charge in [-0.05, 0) is 31.0 Å². The Morgan fingerprint density at radius 1 is 1.53 bits per heavy atom. The lowest BCUT2D eigenvalue weighted by molar-refractivity contribution is 0.461. The van der Waals surface area contributed by atoms with Crippen molar-refractivity contribution in [3.63, 3.8) is 0 Å². The van der Waals surface area contributed by atoms with Gasteiger partial charge in [0, 0.05) is 24.5 Å². The van der Waals surface area contributed by atoms with Gasteiger partial charge in [-0.1, -0.05) is 12.1 Å². The molecule has 3 N–H and O–H groups in total. The molecule has 2 atom stereocenters. The van der Waals surface area contributed by atoms with Crippen molar-refractivity contribution in [2.24, 2.45) is 5.73 Å². The lowest BCUT2D eigenvalue weighted by Gasteiger charge is -2.26. The molecular weight excluding hydrogens is 191 g/mol. The summed E-state index contributed by atoms with van der Waals surface area (Å²) in [5, 5.41) is 3.28. The van der Waals surface area contributed by atoms with E-state index < -0.39 is 0 Å². The van der Waals surface area contributed by atoms with Crippen molar-refractivity contribution in [2.75, 3.05) is 13.1 Å². The number of aryl methyl sites for hydroxylation is 1. The summed E-state index contributed by atoms with van der Waals surface area (Å²) in [6, 6.07) is 5.27. The van der Waals surface area contributed by atoms with Gasteiger partial charge in [-0.25, -0.2) is 4.39 Å². The number of hydrogen-bond acceptors (Lipinski definition) is 2. The van der Waals surface area contributed by atoms with Crippen LogP contribution in [0.1, 0.15) is 24.0 Å². The molecule has 0 radical (unpaired) electrons. The van der Waals surface area contributed by atoms with Crippen molar-refractivity contribution in [3.8, 4) is 0 Å². The molecule has 1 saturated heterocycles. The number of benzene rings is 1. The SMILES string of the molecule is Cc1cc([C@H]2CNC[C@]2(C)N)ccc1F. The quantitative estimate of drug-likeness (QED) is 0.734. The average Bonchev–Trinajstić information content (AvgIpc) is 2.50. The van der Waals surface area contributed by atoms with Gasteiger partial charge in [0.2, 0.25) is 0 Å². The summed E-state index contributed by atoms with van der Waals surface area (Å²) < 4.78 is 13.1. The van der Waals surface area contributed by atoms with Crippen molar-refractivity contribution in [1.82, 2.24) is 5.32 Å². The van der Waals surface area contributed by atoms with E-state index in [4.69, 9.17) is 5.73 Å². The number of nitrogens with one attached hydrogen (secondary N) is 1. The van der Waals surface area contributed by atoms with Gasteiger partial charge in [0.1, 0.15) is 5.82 Å². The van der Waals surface area contributed by atoms with E-state index in [0.29, 0.717) is 5.56 Å². The second-order valence-corrected chi connectivity index (χ2v) is 4.70. The van der Waals surface area contributed by atoms with Gasteiger partial charge < -0.3 is 11.1 Å². The number of nitrogens with two attached hydrogens (primary N) is 1.